The number of nitro benzene ring substituents is 1. The molecular formula is C17H12FN3O3S2. The third kappa shape index (κ3) is 3.44. The van der Waals surface area contributed by atoms with Crippen LogP contribution in [0.25, 0.3) is 6.08 Å². The number of hydrogen-bond donors (Lipinski definition) is 1. The summed E-state index contributed by atoms with van der Waals surface area (Å²) in [6.07, 6.45) is 1.55. The van der Waals surface area contributed by atoms with Crippen LogP contribution in [-0.4, -0.2) is 22.2 Å². The number of nitro groups is 1. The minimum absolute atomic E-state index is 0.0877. The van der Waals surface area contributed by atoms with Crippen LogP contribution in [0.5, 0.6) is 0 Å². The molecule has 1 aliphatic rings. The zero-order valence-corrected chi connectivity index (χ0v) is 15.1. The van der Waals surface area contributed by atoms with Crippen molar-refractivity contribution in [2.75, 3.05) is 17.3 Å². The van der Waals surface area contributed by atoms with Crippen molar-refractivity contribution in [1.29, 1.82) is 0 Å². The Balaban J connectivity index is 1.94. The van der Waals surface area contributed by atoms with Gasteiger partial charge in [-0.05, 0) is 42.0 Å². The summed E-state index contributed by atoms with van der Waals surface area (Å²) >= 11 is 6.34. The summed E-state index contributed by atoms with van der Waals surface area (Å²) in [6, 6.07) is 10.1. The standard InChI is InChI=1S/C17H12FN3O3S2/c1-19-13-7-2-10(8-14(13)21(23)24)9-15-16(22)20(17(25)26-15)12-5-3-11(18)4-6-12/h2-9,19H,1H3/b15-9-. The molecule has 1 aliphatic heterocycles. The van der Waals surface area contributed by atoms with E-state index < -0.39 is 10.7 Å². The molecule has 0 aliphatic carbocycles. The Bertz CT molecular complexity index is 945. The molecule has 132 valence electrons. The Morgan fingerprint density at radius 1 is 1.27 bits per heavy atom. The fourth-order valence-corrected chi connectivity index (χ4v) is 3.73. The third-order valence-electron chi connectivity index (χ3n) is 3.66. The molecule has 1 heterocycles. The predicted molar refractivity (Wildman–Crippen MR) is 105 cm³/mol. The first-order valence-corrected chi connectivity index (χ1v) is 8.63. The van der Waals surface area contributed by atoms with Gasteiger partial charge in [0.05, 0.1) is 15.5 Å². The van der Waals surface area contributed by atoms with Gasteiger partial charge in [0, 0.05) is 13.1 Å². The summed E-state index contributed by atoms with van der Waals surface area (Å²) in [5.41, 5.74) is 1.27. The van der Waals surface area contributed by atoms with Crippen LogP contribution in [0.3, 0.4) is 0 Å². The maximum atomic E-state index is 13.1. The SMILES string of the molecule is CNc1ccc(/C=C2\SC(=S)N(c3ccc(F)cc3)C2=O)cc1[N+](=O)[O-]. The zero-order valence-electron chi connectivity index (χ0n) is 13.4. The fraction of sp³-hybridized carbons (Fsp3) is 0.0588. The van der Waals surface area contributed by atoms with Gasteiger partial charge in [-0.2, -0.15) is 0 Å². The smallest absolute Gasteiger partial charge is 0.292 e. The molecule has 26 heavy (non-hydrogen) atoms. The average Bonchev–Trinajstić information content (AvgIpc) is 2.89. The lowest BCUT2D eigenvalue weighted by molar-refractivity contribution is -0.384. The van der Waals surface area contributed by atoms with Gasteiger partial charge in [0.2, 0.25) is 0 Å². The number of amides is 1. The number of hydrogen-bond acceptors (Lipinski definition) is 6. The second kappa shape index (κ2) is 7.22. The van der Waals surface area contributed by atoms with Crippen LogP contribution in [0.2, 0.25) is 0 Å². The number of thiocarbonyl (C=S) groups is 1. The molecular weight excluding hydrogens is 377 g/mol. The second-order valence-corrected chi connectivity index (χ2v) is 6.95. The van der Waals surface area contributed by atoms with Crippen molar-refractivity contribution in [3.63, 3.8) is 0 Å². The van der Waals surface area contributed by atoms with Crippen molar-refractivity contribution in [3.05, 3.63) is 68.9 Å². The molecule has 0 radical (unpaired) electrons. The Morgan fingerprint density at radius 3 is 2.58 bits per heavy atom. The molecule has 0 saturated carbocycles. The van der Waals surface area contributed by atoms with Crippen molar-refractivity contribution < 1.29 is 14.1 Å². The Kier molecular flexibility index (Phi) is 5.01. The van der Waals surface area contributed by atoms with E-state index in [-0.39, 0.29) is 11.6 Å². The van der Waals surface area contributed by atoms with Crippen LogP contribution in [0.4, 0.5) is 21.5 Å². The molecule has 6 nitrogen and oxygen atoms in total. The third-order valence-corrected chi connectivity index (χ3v) is 4.97. The van der Waals surface area contributed by atoms with E-state index in [1.54, 1.807) is 25.3 Å². The molecule has 1 amide bonds. The van der Waals surface area contributed by atoms with E-state index in [2.05, 4.69) is 5.32 Å². The van der Waals surface area contributed by atoms with Crippen molar-refractivity contribution in [2.24, 2.45) is 0 Å². The molecule has 2 aromatic rings. The highest BCUT2D eigenvalue weighted by Crippen LogP contribution is 2.36. The molecule has 1 saturated heterocycles. The first kappa shape index (κ1) is 18.0. The van der Waals surface area contributed by atoms with E-state index in [0.717, 1.165) is 11.8 Å². The van der Waals surface area contributed by atoms with Crippen molar-refractivity contribution in [2.45, 2.75) is 0 Å². The van der Waals surface area contributed by atoms with Gasteiger partial charge in [-0.25, -0.2) is 4.39 Å². The topological polar surface area (TPSA) is 75.5 Å². The maximum absolute atomic E-state index is 13.1. The van der Waals surface area contributed by atoms with E-state index in [4.69, 9.17) is 12.2 Å². The van der Waals surface area contributed by atoms with Gasteiger partial charge in [0.1, 0.15) is 11.5 Å². The van der Waals surface area contributed by atoms with Gasteiger partial charge in [0.15, 0.2) is 4.32 Å². The number of rotatable bonds is 4. The Hall–Kier alpha value is -2.78. The van der Waals surface area contributed by atoms with Crippen LogP contribution in [0.15, 0.2) is 47.4 Å². The maximum Gasteiger partial charge on any atom is 0.292 e. The molecule has 0 aromatic heterocycles. The highest BCUT2D eigenvalue weighted by Gasteiger charge is 2.33. The van der Waals surface area contributed by atoms with E-state index in [0.29, 0.717) is 26.2 Å². The van der Waals surface area contributed by atoms with Crippen LogP contribution in [0.1, 0.15) is 5.56 Å². The lowest BCUT2D eigenvalue weighted by Crippen LogP contribution is -2.27. The Labute approximate surface area is 157 Å². The van der Waals surface area contributed by atoms with Gasteiger partial charge >= 0.3 is 0 Å². The largest absolute Gasteiger partial charge is 0.383 e. The summed E-state index contributed by atoms with van der Waals surface area (Å²) in [4.78, 5) is 25.0. The lowest BCUT2D eigenvalue weighted by atomic mass is 10.1. The van der Waals surface area contributed by atoms with Gasteiger partial charge in [0.25, 0.3) is 11.6 Å². The molecule has 1 fully saturated rings. The molecule has 9 heteroatoms. The number of carbonyl (C=O) groups is 1. The zero-order chi connectivity index (χ0) is 18.8. The van der Waals surface area contributed by atoms with Crippen molar-refractivity contribution in [1.82, 2.24) is 0 Å². The highest BCUT2D eigenvalue weighted by atomic mass is 32.2. The summed E-state index contributed by atoms with van der Waals surface area (Å²) in [7, 11) is 1.59. The number of benzene rings is 2. The van der Waals surface area contributed by atoms with E-state index >= 15 is 0 Å². The second-order valence-electron chi connectivity index (χ2n) is 5.28. The average molecular weight is 389 g/mol. The first-order valence-electron chi connectivity index (χ1n) is 7.40. The normalized spacial score (nSPS) is 15.6. The number of thioether (sulfide) groups is 1. The van der Waals surface area contributed by atoms with E-state index in [1.807, 2.05) is 0 Å². The predicted octanol–water partition coefficient (Wildman–Crippen LogP) is 4.18. The molecule has 1 N–H and O–H groups in total. The van der Waals surface area contributed by atoms with E-state index in [1.165, 1.54) is 35.2 Å². The van der Waals surface area contributed by atoms with Crippen LogP contribution in [-0.2, 0) is 4.79 Å². The molecule has 0 unspecified atom stereocenters. The molecule has 3 rings (SSSR count). The van der Waals surface area contributed by atoms with Gasteiger partial charge in [-0.3, -0.25) is 19.8 Å². The number of carbonyl (C=O) groups excluding carboxylic acids is 1. The molecule has 0 bridgehead atoms. The number of halogens is 1. The van der Waals surface area contributed by atoms with Crippen LogP contribution in [0, 0.1) is 15.9 Å². The molecule has 0 atom stereocenters. The van der Waals surface area contributed by atoms with Crippen molar-refractivity contribution >= 4 is 57.3 Å². The summed E-state index contributed by atoms with van der Waals surface area (Å²) < 4.78 is 13.4. The van der Waals surface area contributed by atoms with Crippen LogP contribution >= 0.6 is 24.0 Å². The monoisotopic (exact) mass is 389 g/mol. The molecule has 2 aromatic carbocycles. The van der Waals surface area contributed by atoms with E-state index in [9.17, 15) is 19.3 Å². The summed E-state index contributed by atoms with van der Waals surface area (Å²) in [5, 5.41) is 13.9. The van der Waals surface area contributed by atoms with Gasteiger partial charge in [-0.1, -0.05) is 30.0 Å². The molecule has 0 spiro atoms. The minimum atomic E-state index is -0.493. The van der Waals surface area contributed by atoms with Gasteiger partial charge in [-0.15, -0.1) is 0 Å². The fourth-order valence-electron chi connectivity index (χ4n) is 2.43. The lowest BCUT2D eigenvalue weighted by Gasteiger charge is -2.14. The van der Waals surface area contributed by atoms with Gasteiger partial charge < -0.3 is 5.32 Å². The Morgan fingerprint density at radius 2 is 1.96 bits per heavy atom. The first-order chi connectivity index (χ1) is 12.4. The number of nitrogens with zero attached hydrogens (tertiary/aromatic N) is 2. The number of anilines is 2. The summed E-state index contributed by atoms with van der Waals surface area (Å²) in [6.45, 7) is 0. The number of nitrogens with one attached hydrogen (secondary N) is 1. The van der Waals surface area contributed by atoms with Crippen LogP contribution < -0.4 is 10.2 Å². The summed E-state index contributed by atoms with van der Waals surface area (Å²) in [5.74, 6) is -0.765. The highest BCUT2D eigenvalue weighted by molar-refractivity contribution is 8.27. The quantitative estimate of drug-likeness (QED) is 0.366. The van der Waals surface area contributed by atoms with Crippen molar-refractivity contribution in [3.8, 4) is 0 Å². The minimum Gasteiger partial charge on any atom is -0.383 e.